The SMILES string of the molecule is CC(C)(C)OC(=O)C1(N)CCc2cc(Cl)ccc2C1. The van der Waals surface area contributed by atoms with Crippen LogP contribution in [-0.2, 0) is 22.4 Å². The third-order valence-electron chi connectivity index (χ3n) is 3.32. The van der Waals surface area contributed by atoms with Gasteiger partial charge in [0.25, 0.3) is 0 Å². The van der Waals surface area contributed by atoms with Crippen LogP contribution in [0.25, 0.3) is 0 Å². The Morgan fingerprint density at radius 2 is 2.05 bits per heavy atom. The van der Waals surface area contributed by atoms with Crippen molar-refractivity contribution >= 4 is 17.6 Å². The van der Waals surface area contributed by atoms with Gasteiger partial charge in [-0.1, -0.05) is 17.7 Å². The standard InChI is InChI=1S/C15H20ClNO2/c1-14(2,3)19-13(18)15(17)7-6-10-8-12(16)5-4-11(10)9-15/h4-5,8H,6-7,9,17H2,1-3H3. The molecule has 1 aliphatic rings. The van der Waals surface area contributed by atoms with Crippen LogP contribution in [0, 0.1) is 0 Å². The summed E-state index contributed by atoms with van der Waals surface area (Å²) in [5.74, 6) is -0.319. The predicted molar refractivity (Wildman–Crippen MR) is 76.2 cm³/mol. The van der Waals surface area contributed by atoms with Crippen LogP contribution >= 0.6 is 11.6 Å². The number of esters is 1. The number of carbonyl (C=O) groups is 1. The van der Waals surface area contributed by atoms with Crippen LogP contribution in [-0.4, -0.2) is 17.1 Å². The van der Waals surface area contributed by atoms with Crippen molar-refractivity contribution in [2.24, 2.45) is 5.73 Å². The Bertz CT molecular complexity index is 507. The van der Waals surface area contributed by atoms with E-state index in [1.807, 2.05) is 39.0 Å². The van der Waals surface area contributed by atoms with Crippen LogP contribution in [0.1, 0.15) is 38.3 Å². The first-order valence-electron chi connectivity index (χ1n) is 6.49. The molecule has 0 spiro atoms. The number of rotatable bonds is 1. The number of ether oxygens (including phenoxy) is 1. The molecule has 19 heavy (non-hydrogen) atoms. The number of carbonyl (C=O) groups excluding carboxylic acids is 1. The van der Waals surface area contributed by atoms with E-state index in [0.717, 1.165) is 17.0 Å². The number of hydrogen-bond acceptors (Lipinski definition) is 3. The van der Waals surface area contributed by atoms with Crippen molar-refractivity contribution in [2.45, 2.75) is 51.2 Å². The van der Waals surface area contributed by atoms with Gasteiger partial charge < -0.3 is 10.5 Å². The van der Waals surface area contributed by atoms with Gasteiger partial charge in [0.05, 0.1) is 0 Å². The first-order chi connectivity index (χ1) is 8.70. The smallest absolute Gasteiger partial charge is 0.326 e. The highest BCUT2D eigenvalue weighted by molar-refractivity contribution is 6.30. The average Bonchev–Trinajstić information content (AvgIpc) is 2.27. The highest BCUT2D eigenvalue weighted by Gasteiger charge is 2.40. The molecule has 1 aliphatic carbocycles. The molecule has 0 heterocycles. The zero-order valence-corrected chi connectivity index (χ0v) is 12.4. The molecular weight excluding hydrogens is 262 g/mol. The van der Waals surface area contributed by atoms with E-state index in [2.05, 4.69) is 0 Å². The van der Waals surface area contributed by atoms with Gasteiger partial charge in [-0.2, -0.15) is 0 Å². The number of benzene rings is 1. The van der Waals surface area contributed by atoms with E-state index in [-0.39, 0.29) is 5.97 Å². The Hall–Kier alpha value is -1.06. The number of halogens is 1. The fraction of sp³-hybridized carbons (Fsp3) is 0.533. The predicted octanol–water partition coefficient (Wildman–Crippen LogP) is 2.87. The van der Waals surface area contributed by atoms with Crippen molar-refractivity contribution in [2.75, 3.05) is 0 Å². The van der Waals surface area contributed by atoms with Crippen LogP contribution in [0.5, 0.6) is 0 Å². The van der Waals surface area contributed by atoms with Crippen molar-refractivity contribution < 1.29 is 9.53 Å². The van der Waals surface area contributed by atoms with E-state index in [4.69, 9.17) is 22.1 Å². The monoisotopic (exact) mass is 281 g/mol. The second-order valence-electron chi connectivity index (χ2n) is 6.25. The summed E-state index contributed by atoms with van der Waals surface area (Å²) in [6, 6.07) is 5.73. The zero-order chi connectivity index (χ0) is 14.3. The summed E-state index contributed by atoms with van der Waals surface area (Å²) in [4.78, 5) is 12.2. The molecule has 104 valence electrons. The summed E-state index contributed by atoms with van der Waals surface area (Å²) in [7, 11) is 0. The molecule has 1 atom stereocenters. The number of fused-ring (bicyclic) bond motifs is 1. The molecule has 2 N–H and O–H groups in total. The molecule has 0 fully saturated rings. The quantitative estimate of drug-likeness (QED) is 0.806. The van der Waals surface area contributed by atoms with Gasteiger partial charge in [-0.3, -0.25) is 4.79 Å². The maximum Gasteiger partial charge on any atom is 0.326 e. The number of hydrogen-bond donors (Lipinski definition) is 1. The lowest BCUT2D eigenvalue weighted by Gasteiger charge is -2.35. The molecule has 2 rings (SSSR count). The Morgan fingerprint density at radius 1 is 1.37 bits per heavy atom. The third kappa shape index (κ3) is 3.28. The van der Waals surface area contributed by atoms with E-state index in [9.17, 15) is 4.79 Å². The largest absolute Gasteiger partial charge is 0.459 e. The Morgan fingerprint density at radius 3 is 2.68 bits per heavy atom. The minimum atomic E-state index is -0.923. The summed E-state index contributed by atoms with van der Waals surface area (Å²) < 4.78 is 5.43. The highest BCUT2D eigenvalue weighted by Crippen LogP contribution is 2.30. The molecule has 0 saturated heterocycles. The van der Waals surface area contributed by atoms with E-state index >= 15 is 0 Å². The van der Waals surface area contributed by atoms with Crippen molar-refractivity contribution in [1.29, 1.82) is 0 Å². The van der Waals surface area contributed by atoms with E-state index in [0.29, 0.717) is 12.8 Å². The summed E-state index contributed by atoms with van der Waals surface area (Å²) in [5.41, 5.74) is 7.09. The minimum absolute atomic E-state index is 0.319. The summed E-state index contributed by atoms with van der Waals surface area (Å²) in [6.07, 6.45) is 1.86. The summed E-state index contributed by atoms with van der Waals surface area (Å²) in [6.45, 7) is 5.56. The molecule has 0 bridgehead atoms. The molecular formula is C15H20ClNO2. The first-order valence-corrected chi connectivity index (χ1v) is 6.87. The molecule has 0 saturated carbocycles. The fourth-order valence-electron chi connectivity index (χ4n) is 2.34. The lowest BCUT2D eigenvalue weighted by Crippen LogP contribution is -2.54. The third-order valence-corrected chi connectivity index (χ3v) is 3.56. The molecule has 3 nitrogen and oxygen atoms in total. The second-order valence-corrected chi connectivity index (χ2v) is 6.68. The number of aryl methyl sites for hydroxylation is 1. The molecule has 0 radical (unpaired) electrons. The van der Waals surface area contributed by atoms with Crippen molar-refractivity contribution in [1.82, 2.24) is 0 Å². The second kappa shape index (κ2) is 4.80. The van der Waals surface area contributed by atoms with Crippen LogP contribution in [0.15, 0.2) is 18.2 Å². The van der Waals surface area contributed by atoms with Crippen molar-refractivity contribution in [3.8, 4) is 0 Å². The van der Waals surface area contributed by atoms with Crippen molar-refractivity contribution in [3.63, 3.8) is 0 Å². The van der Waals surface area contributed by atoms with Gasteiger partial charge in [0.2, 0.25) is 0 Å². The van der Waals surface area contributed by atoms with Crippen LogP contribution < -0.4 is 5.73 Å². The maximum absolute atomic E-state index is 12.2. The molecule has 0 amide bonds. The van der Waals surface area contributed by atoms with Gasteiger partial charge in [0.1, 0.15) is 11.1 Å². The van der Waals surface area contributed by atoms with Gasteiger partial charge in [0, 0.05) is 11.4 Å². The first kappa shape index (κ1) is 14.4. The lowest BCUT2D eigenvalue weighted by molar-refractivity contribution is -0.162. The van der Waals surface area contributed by atoms with E-state index in [1.54, 1.807) is 0 Å². The molecule has 1 aromatic carbocycles. The van der Waals surface area contributed by atoms with Gasteiger partial charge in [-0.05, 0) is 56.9 Å². The molecule has 1 unspecified atom stereocenters. The molecule has 0 aromatic heterocycles. The molecule has 1 aromatic rings. The molecule has 0 aliphatic heterocycles. The van der Waals surface area contributed by atoms with Gasteiger partial charge in [-0.25, -0.2) is 0 Å². The summed E-state index contributed by atoms with van der Waals surface area (Å²) >= 11 is 5.97. The zero-order valence-electron chi connectivity index (χ0n) is 11.6. The maximum atomic E-state index is 12.2. The Labute approximate surface area is 119 Å². The van der Waals surface area contributed by atoms with Gasteiger partial charge in [-0.15, -0.1) is 0 Å². The topological polar surface area (TPSA) is 52.3 Å². The van der Waals surface area contributed by atoms with E-state index < -0.39 is 11.1 Å². The fourth-order valence-corrected chi connectivity index (χ4v) is 2.53. The van der Waals surface area contributed by atoms with Gasteiger partial charge in [0.15, 0.2) is 0 Å². The van der Waals surface area contributed by atoms with Crippen molar-refractivity contribution in [3.05, 3.63) is 34.3 Å². The van der Waals surface area contributed by atoms with E-state index in [1.165, 1.54) is 5.56 Å². The lowest BCUT2D eigenvalue weighted by atomic mass is 9.78. The van der Waals surface area contributed by atoms with Crippen LogP contribution in [0.2, 0.25) is 5.02 Å². The Balaban J connectivity index is 2.20. The normalized spacial score (nSPS) is 22.8. The highest BCUT2D eigenvalue weighted by atomic mass is 35.5. The number of nitrogens with two attached hydrogens (primary N) is 1. The van der Waals surface area contributed by atoms with Gasteiger partial charge >= 0.3 is 5.97 Å². The summed E-state index contributed by atoms with van der Waals surface area (Å²) in [5, 5.41) is 0.723. The average molecular weight is 282 g/mol. The van der Waals surface area contributed by atoms with Crippen LogP contribution in [0.3, 0.4) is 0 Å². The molecule has 4 heteroatoms. The minimum Gasteiger partial charge on any atom is -0.459 e. The Kier molecular flexibility index (Phi) is 3.63. The van der Waals surface area contributed by atoms with Crippen LogP contribution in [0.4, 0.5) is 0 Å².